The molecule has 4 aromatic rings. The first-order valence-corrected chi connectivity index (χ1v) is 23.6. The maximum Gasteiger partial charge on any atom is 0.407 e. The number of hydrogen-bond donors (Lipinski definition) is 4. The Labute approximate surface area is 374 Å². The van der Waals surface area contributed by atoms with Crippen LogP contribution in [0.15, 0.2) is 78.1 Å². The van der Waals surface area contributed by atoms with Gasteiger partial charge in [0.2, 0.25) is 21.8 Å². The molecule has 340 valence electrons. The van der Waals surface area contributed by atoms with Crippen molar-refractivity contribution < 1.29 is 37.1 Å². The van der Waals surface area contributed by atoms with E-state index < -0.39 is 40.3 Å². The molecule has 3 aromatic carbocycles. The third-order valence-corrected chi connectivity index (χ3v) is 13.1. The lowest BCUT2D eigenvalue weighted by Crippen LogP contribution is -2.53. The molecule has 1 aromatic heterocycles. The number of sulfonamides is 1. The Morgan fingerprint density at radius 2 is 1.38 bits per heavy atom. The molecular weight excluding hydrogens is 837 g/mol. The molecule has 2 saturated heterocycles. The first kappa shape index (κ1) is 45.9. The monoisotopic (exact) mass is 894 g/mol. The number of carbonyl (C=O) groups is 4. The van der Waals surface area contributed by atoms with Gasteiger partial charge in [0.15, 0.2) is 0 Å². The van der Waals surface area contributed by atoms with E-state index in [9.17, 15) is 27.6 Å². The van der Waals surface area contributed by atoms with Gasteiger partial charge in [-0.3, -0.25) is 14.6 Å². The van der Waals surface area contributed by atoms with E-state index in [1.165, 1.54) is 14.2 Å². The Balaban J connectivity index is 1.02. The van der Waals surface area contributed by atoms with E-state index in [2.05, 4.69) is 68.9 Å². The Morgan fingerprint density at radius 3 is 1.98 bits per heavy atom. The summed E-state index contributed by atoms with van der Waals surface area (Å²) in [7, 11) is -0.905. The van der Waals surface area contributed by atoms with E-state index in [0.29, 0.717) is 25.2 Å². The van der Waals surface area contributed by atoms with Crippen molar-refractivity contribution in [3.8, 4) is 22.4 Å². The van der Waals surface area contributed by atoms with Gasteiger partial charge in [0.1, 0.15) is 17.9 Å². The molecule has 4 N–H and O–H groups in total. The number of imidazole rings is 1. The van der Waals surface area contributed by atoms with Crippen molar-refractivity contribution in [3.63, 3.8) is 0 Å². The van der Waals surface area contributed by atoms with Gasteiger partial charge < -0.3 is 34.9 Å². The Hall–Kier alpha value is -6.07. The van der Waals surface area contributed by atoms with Crippen LogP contribution < -0.4 is 15.4 Å². The van der Waals surface area contributed by atoms with Crippen LogP contribution in [0.5, 0.6) is 0 Å². The number of rotatable bonds is 14. The molecule has 7 rings (SSSR count). The number of nitrogens with zero attached hydrogens (tertiary/aromatic N) is 4. The van der Waals surface area contributed by atoms with Gasteiger partial charge in [0.25, 0.3) is 0 Å². The molecule has 3 aliphatic rings. The van der Waals surface area contributed by atoms with Crippen molar-refractivity contribution in [3.05, 3.63) is 84.4 Å². The molecule has 0 aliphatic carbocycles. The number of methoxy groups -OCH3 is 2. The number of aromatic nitrogens is 2. The van der Waals surface area contributed by atoms with Crippen LogP contribution in [-0.2, 0) is 29.1 Å². The summed E-state index contributed by atoms with van der Waals surface area (Å²) in [6, 6.07) is 18.9. The van der Waals surface area contributed by atoms with Crippen molar-refractivity contribution in [2.45, 2.75) is 77.5 Å². The van der Waals surface area contributed by atoms with Gasteiger partial charge in [-0.1, -0.05) is 76.2 Å². The molecule has 0 bridgehead atoms. The lowest BCUT2D eigenvalue weighted by molar-refractivity contribution is -0.136. The van der Waals surface area contributed by atoms with E-state index in [1.54, 1.807) is 11.1 Å². The van der Waals surface area contributed by atoms with Crippen molar-refractivity contribution in [2.24, 2.45) is 22.7 Å². The molecule has 17 heteroatoms. The SMILES string of the molecule is COC(=O)N[C@H](C(=O)N1CCC[C@H]1C1=NC=C(c2ccc3cc(-c4ccc(-c5cnc([C@@H]6C[C@H](CNS(C)(=O)=O)CN6C(=O)[C@@H](NC(=O)OC)C(C)C)[nH]5)cc4)ccc3c2)C1)C(C)C. The summed E-state index contributed by atoms with van der Waals surface area (Å²) in [5, 5.41) is 7.57. The van der Waals surface area contributed by atoms with Crippen molar-refractivity contribution in [2.75, 3.05) is 40.1 Å². The highest BCUT2D eigenvalue weighted by molar-refractivity contribution is 7.88. The summed E-state index contributed by atoms with van der Waals surface area (Å²) in [6.45, 7) is 8.56. The largest absolute Gasteiger partial charge is 0.453 e. The number of H-pyrrole nitrogens is 1. The number of likely N-dealkylation sites (tertiary alicyclic amines) is 2. The topological polar surface area (TPSA) is 204 Å². The van der Waals surface area contributed by atoms with Gasteiger partial charge in [0.05, 0.1) is 44.4 Å². The molecular formula is C47H58N8O8S. The summed E-state index contributed by atoms with van der Waals surface area (Å²) in [6.07, 6.45) is 6.24. The predicted molar refractivity (Wildman–Crippen MR) is 245 cm³/mol. The van der Waals surface area contributed by atoms with Crippen LogP contribution in [0, 0.1) is 17.8 Å². The van der Waals surface area contributed by atoms with E-state index in [-0.39, 0.29) is 48.7 Å². The third-order valence-electron chi connectivity index (χ3n) is 12.4. The standard InChI is InChI=1S/C47H58N8O8S/c1-27(2)41(52-46(58)62-5)44(56)54-18-8-9-39(54)37-22-36(24-48-37)35-17-16-33-20-32(14-15-34(33)21-35)30-10-12-31(13-11-30)38-25-49-43(51-38)40-19-29(23-50-64(7,60)61)26-55(40)45(57)42(28(3)4)53-47(59)63-6/h10-17,20-21,24-25,27-29,39-42,50H,8-9,18-19,22-23,26H2,1-7H3,(H,49,51)(H,52,58)(H,53,59)/t29-,39+,40+,41+,42+/m1/s1. The van der Waals surface area contributed by atoms with Crippen molar-refractivity contribution >= 4 is 56.1 Å². The van der Waals surface area contributed by atoms with Gasteiger partial charge in [-0.25, -0.2) is 27.7 Å². The number of hydrogen-bond acceptors (Lipinski definition) is 10. The molecule has 5 atom stereocenters. The van der Waals surface area contributed by atoms with Crippen molar-refractivity contribution in [1.29, 1.82) is 0 Å². The molecule has 0 saturated carbocycles. The number of aromatic amines is 1. The average molecular weight is 895 g/mol. The number of alkyl carbamates (subject to hydrolysis) is 2. The lowest BCUT2D eigenvalue weighted by Gasteiger charge is -2.31. The molecule has 3 aliphatic heterocycles. The minimum Gasteiger partial charge on any atom is -0.453 e. The number of nitrogens with one attached hydrogen (secondary N) is 4. The highest BCUT2D eigenvalue weighted by Gasteiger charge is 2.42. The highest BCUT2D eigenvalue weighted by atomic mass is 32.2. The zero-order chi connectivity index (χ0) is 45.9. The van der Waals surface area contributed by atoms with Crippen LogP contribution in [0.2, 0.25) is 0 Å². The first-order chi connectivity index (χ1) is 30.5. The van der Waals surface area contributed by atoms with Crippen LogP contribution in [0.3, 0.4) is 0 Å². The molecule has 0 unspecified atom stereocenters. The first-order valence-electron chi connectivity index (χ1n) is 21.7. The van der Waals surface area contributed by atoms with Crippen LogP contribution in [0.25, 0.3) is 38.7 Å². The summed E-state index contributed by atoms with van der Waals surface area (Å²) in [4.78, 5) is 68.2. The molecule has 0 radical (unpaired) electrons. The van der Waals surface area contributed by atoms with E-state index in [0.717, 1.165) is 69.1 Å². The minimum atomic E-state index is -3.44. The third kappa shape index (κ3) is 10.3. The maximum atomic E-state index is 14.0. The average Bonchev–Trinajstić information content (AvgIpc) is 4.12. The number of benzene rings is 3. The second-order valence-electron chi connectivity index (χ2n) is 17.6. The zero-order valence-corrected chi connectivity index (χ0v) is 38.2. The lowest BCUT2D eigenvalue weighted by atomic mass is 9.94. The molecule has 4 heterocycles. The van der Waals surface area contributed by atoms with Crippen LogP contribution >= 0.6 is 0 Å². The van der Waals surface area contributed by atoms with Gasteiger partial charge in [-0.15, -0.1) is 0 Å². The zero-order valence-electron chi connectivity index (χ0n) is 37.4. The quantitative estimate of drug-likeness (QED) is 0.112. The van der Waals surface area contributed by atoms with E-state index in [1.807, 2.05) is 50.9 Å². The van der Waals surface area contributed by atoms with Crippen LogP contribution in [0.4, 0.5) is 9.59 Å². The van der Waals surface area contributed by atoms with Gasteiger partial charge >= 0.3 is 12.2 Å². The molecule has 64 heavy (non-hydrogen) atoms. The number of allylic oxidation sites excluding steroid dienone is 1. The van der Waals surface area contributed by atoms with Crippen LogP contribution in [0.1, 0.15) is 70.8 Å². The molecule has 16 nitrogen and oxygen atoms in total. The Kier molecular flexibility index (Phi) is 13.9. The Morgan fingerprint density at radius 1 is 0.797 bits per heavy atom. The normalized spacial score (nSPS) is 19.7. The van der Waals surface area contributed by atoms with Crippen LogP contribution in [-0.4, -0.2) is 116 Å². The van der Waals surface area contributed by atoms with Crippen molar-refractivity contribution in [1.82, 2.24) is 35.1 Å². The number of ether oxygens (including phenoxy) is 2. The summed E-state index contributed by atoms with van der Waals surface area (Å²) >= 11 is 0. The van der Waals surface area contributed by atoms with Gasteiger partial charge in [-0.05, 0) is 87.7 Å². The number of fused-ring (bicyclic) bond motifs is 1. The number of carbonyl (C=O) groups excluding carboxylic acids is 4. The number of amides is 4. The van der Waals surface area contributed by atoms with Gasteiger partial charge in [-0.2, -0.15) is 0 Å². The number of aliphatic imine (C=N–C) groups is 1. The summed E-state index contributed by atoms with van der Waals surface area (Å²) in [5.74, 6) is -0.350. The Bertz CT molecular complexity index is 2570. The molecule has 4 amide bonds. The maximum absolute atomic E-state index is 14.0. The molecule has 2 fully saturated rings. The smallest absolute Gasteiger partial charge is 0.407 e. The van der Waals surface area contributed by atoms with E-state index >= 15 is 0 Å². The highest BCUT2D eigenvalue weighted by Crippen LogP contribution is 2.37. The fourth-order valence-corrected chi connectivity index (χ4v) is 9.46. The fraction of sp³-hybridized carbons (Fsp3) is 0.447. The second-order valence-corrected chi connectivity index (χ2v) is 19.5. The van der Waals surface area contributed by atoms with Gasteiger partial charge in [0, 0.05) is 38.0 Å². The fourth-order valence-electron chi connectivity index (χ4n) is 8.92. The van der Waals surface area contributed by atoms with E-state index in [4.69, 9.17) is 19.5 Å². The second kappa shape index (κ2) is 19.4. The molecule has 0 spiro atoms. The summed E-state index contributed by atoms with van der Waals surface area (Å²) in [5.41, 5.74) is 6.90. The minimum absolute atomic E-state index is 0.101. The predicted octanol–water partition coefficient (Wildman–Crippen LogP) is 6.27. The summed E-state index contributed by atoms with van der Waals surface area (Å²) < 4.78 is 36.0.